The van der Waals surface area contributed by atoms with Gasteiger partial charge in [-0.15, -0.1) is 0 Å². The number of piperidine rings is 1. The molecule has 16 heavy (non-hydrogen) atoms. The van der Waals surface area contributed by atoms with Gasteiger partial charge in [-0.2, -0.15) is 0 Å². The fourth-order valence-corrected chi connectivity index (χ4v) is 2.72. The first-order chi connectivity index (χ1) is 7.83. The Labute approximate surface area is 96.4 Å². The highest BCUT2D eigenvalue weighted by molar-refractivity contribution is 4.89. The number of aliphatic hydroxyl groups excluding tert-OH is 2. The maximum absolute atomic E-state index is 9.85. The quantitative estimate of drug-likeness (QED) is 0.566. The van der Waals surface area contributed by atoms with Crippen LogP contribution >= 0.6 is 0 Å². The summed E-state index contributed by atoms with van der Waals surface area (Å²) in [7, 11) is 0. The predicted octanol–water partition coefficient (Wildman–Crippen LogP) is -1.21. The molecule has 94 valence electrons. The lowest BCUT2D eigenvalue weighted by atomic mass is 10.0. The standard InChI is InChI=1S/C11H22N2O3/c14-6-5-13(9-1-3-12-4-2-9)10-7-16-8-11(10)15/h9-12,14-15H,1-8H2/t10-,11-/m1/s1. The van der Waals surface area contributed by atoms with Gasteiger partial charge in [0.05, 0.1) is 32.0 Å². The molecule has 0 aromatic heterocycles. The number of nitrogens with one attached hydrogen (secondary N) is 1. The summed E-state index contributed by atoms with van der Waals surface area (Å²) in [6, 6.07) is 0.532. The summed E-state index contributed by atoms with van der Waals surface area (Å²) >= 11 is 0. The summed E-state index contributed by atoms with van der Waals surface area (Å²) in [6.07, 6.45) is 1.77. The summed E-state index contributed by atoms with van der Waals surface area (Å²) < 4.78 is 5.30. The molecule has 0 aromatic rings. The van der Waals surface area contributed by atoms with Crippen LogP contribution in [0.1, 0.15) is 12.8 Å². The van der Waals surface area contributed by atoms with Crippen LogP contribution in [0, 0.1) is 0 Å². The van der Waals surface area contributed by atoms with E-state index < -0.39 is 6.10 Å². The van der Waals surface area contributed by atoms with E-state index in [0.717, 1.165) is 25.9 Å². The maximum Gasteiger partial charge on any atom is 0.0950 e. The minimum absolute atomic E-state index is 0.0650. The van der Waals surface area contributed by atoms with Gasteiger partial charge in [0.25, 0.3) is 0 Å². The van der Waals surface area contributed by atoms with E-state index in [-0.39, 0.29) is 12.6 Å². The molecule has 0 bridgehead atoms. The molecule has 2 rings (SSSR count). The number of nitrogens with zero attached hydrogens (tertiary/aromatic N) is 1. The van der Waals surface area contributed by atoms with Crippen molar-refractivity contribution in [3.05, 3.63) is 0 Å². The zero-order valence-corrected chi connectivity index (χ0v) is 9.64. The van der Waals surface area contributed by atoms with Crippen LogP contribution in [-0.4, -0.2) is 72.8 Å². The van der Waals surface area contributed by atoms with Crippen molar-refractivity contribution >= 4 is 0 Å². The van der Waals surface area contributed by atoms with Gasteiger partial charge in [0, 0.05) is 12.6 Å². The van der Waals surface area contributed by atoms with E-state index in [4.69, 9.17) is 9.84 Å². The molecule has 2 atom stereocenters. The number of ether oxygens (including phenoxy) is 1. The highest BCUT2D eigenvalue weighted by Crippen LogP contribution is 2.20. The van der Waals surface area contributed by atoms with Crippen molar-refractivity contribution in [1.82, 2.24) is 10.2 Å². The predicted molar refractivity (Wildman–Crippen MR) is 60.3 cm³/mol. The van der Waals surface area contributed by atoms with E-state index in [9.17, 15) is 5.11 Å². The lowest BCUT2D eigenvalue weighted by Gasteiger charge is -2.38. The molecule has 0 amide bonds. The highest BCUT2D eigenvalue weighted by atomic mass is 16.5. The third-order valence-corrected chi connectivity index (χ3v) is 3.58. The van der Waals surface area contributed by atoms with Crippen LogP contribution in [-0.2, 0) is 4.74 Å². The average molecular weight is 230 g/mol. The van der Waals surface area contributed by atoms with Crippen molar-refractivity contribution in [2.45, 2.75) is 31.0 Å². The zero-order chi connectivity index (χ0) is 11.4. The molecule has 0 aromatic carbocycles. The molecule has 0 radical (unpaired) electrons. The molecule has 2 aliphatic heterocycles. The zero-order valence-electron chi connectivity index (χ0n) is 9.64. The highest BCUT2D eigenvalue weighted by Gasteiger charge is 2.35. The van der Waals surface area contributed by atoms with Crippen LogP contribution in [0.25, 0.3) is 0 Å². The first kappa shape index (κ1) is 12.3. The van der Waals surface area contributed by atoms with Crippen molar-refractivity contribution in [3.63, 3.8) is 0 Å². The molecule has 0 aliphatic carbocycles. The van der Waals surface area contributed by atoms with Crippen LogP contribution in [0.4, 0.5) is 0 Å². The van der Waals surface area contributed by atoms with Gasteiger partial charge in [-0.05, 0) is 25.9 Å². The first-order valence-corrected chi connectivity index (χ1v) is 6.16. The summed E-state index contributed by atoms with van der Waals surface area (Å²) in [5, 5.41) is 22.3. The molecular formula is C11H22N2O3. The third kappa shape index (κ3) is 2.73. The van der Waals surface area contributed by atoms with Gasteiger partial charge >= 0.3 is 0 Å². The molecule has 5 nitrogen and oxygen atoms in total. The minimum atomic E-state index is -0.401. The fourth-order valence-electron chi connectivity index (χ4n) is 2.72. The van der Waals surface area contributed by atoms with Gasteiger partial charge < -0.3 is 20.3 Å². The number of aliphatic hydroxyl groups is 2. The SMILES string of the molecule is OCCN(C1CCNCC1)[C@@H]1COC[C@H]1O. The van der Waals surface area contributed by atoms with Crippen molar-refractivity contribution < 1.29 is 14.9 Å². The van der Waals surface area contributed by atoms with Gasteiger partial charge in [-0.3, -0.25) is 4.90 Å². The second kappa shape index (κ2) is 5.93. The normalized spacial score (nSPS) is 32.4. The molecule has 5 heteroatoms. The number of hydrogen-bond donors (Lipinski definition) is 3. The number of rotatable bonds is 4. The van der Waals surface area contributed by atoms with E-state index in [1.165, 1.54) is 0 Å². The lowest BCUT2D eigenvalue weighted by Crippen LogP contribution is -2.52. The summed E-state index contributed by atoms with van der Waals surface area (Å²) in [5.74, 6) is 0. The molecular weight excluding hydrogens is 208 g/mol. The largest absolute Gasteiger partial charge is 0.395 e. The second-order valence-corrected chi connectivity index (χ2v) is 4.61. The Morgan fingerprint density at radius 1 is 1.25 bits per heavy atom. The van der Waals surface area contributed by atoms with E-state index in [0.29, 0.717) is 25.8 Å². The Balaban J connectivity index is 1.97. The molecule has 2 aliphatic rings. The van der Waals surface area contributed by atoms with Crippen LogP contribution in [0.3, 0.4) is 0 Å². The molecule has 0 saturated carbocycles. The third-order valence-electron chi connectivity index (χ3n) is 3.58. The van der Waals surface area contributed by atoms with E-state index in [1.807, 2.05) is 0 Å². The lowest BCUT2D eigenvalue weighted by molar-refractivity contribution is 0.0312. The molecule has 2 fully saturated rings. The van der Waals surface area contributed by atoms with Crippen molar-refractivity contribution in [3.8, 4) is 0 Å². The van der Waals surface area contributed by atoms with Crippen LogP contribution in [0.15, 0.2) is 0 Å². The summed E-state index contributed by atoms with van der Waals surface area (Å²) in [4.78, 5) is 2.23. The average Bonchev–Trinajstić information content (AvgIpc) is 2.73. The van der Waals surface area contributed by atoms with Gasteiger partial charge in [0.2, 0.25) is 0 Å². The van der Waals surface area contributed by atoms with Gasteiger partial charge in [-0.1, -0.05) is 0 Å². The van der Waals surface area contributed by atoms with Gasteiger partial charge in [0.15, 0.2) is 0 Å². The Morgan fingerprint density at radius 2 is 2.00 bits per heavy atom. The monoisotopic (exact) mass is 230 g/mol. The molecule has 0 unspecified atom stereocenters. The first-order valence-electron chi connectivity index (χ1n) is 6.16. The Bertz CT molecular complexity index is 209. The van der Waals surface area contributed by atoms with Crippen molar-refractivity contribution in [1.29, 1.82) is 0 Å². The Morgan fingerprint density at radius 3 is 2.56 bits per heavy atom. The minimum Gasteiger partial charge on any atom is -0.395 e. The smallest absolute Gasteiger partial charge is 0.0950 e. The maximum atomic E-state index is 9.85. The van der Waals surface area contributed by atoms with Crippen molar-refractivity contribution in [2.24, 2.45) is 0 Å². The second-order valence-electron chi connectivity index (χ2n) is 4.61. The summed E-state index contributed by atoms with van der Waals surface area (Å²) in [5.41, 5.74) is 0. The van der Waals surface area contributed by atoms with E-state index in [1.54, 1.807) is 0 Å². The van der Waals surface area contributed by atoms with Gasteiger partial charge in [0.1, 0.15) is 0 Å². The molecule has 3 N–H and O–H groups in total. The van der Waals surface area contributed by atoms with Crippen molar-refractivity contribution in [2.75, 3.05) is 39.5 Å². The van der Waals surface area contributed by atoms with Gasteiger partial charge in [-0.25, -0.2) is 0 Å². The van der Waals surface area contributed by atoms with E-state index in [2.05, 4.69) is 10.2 Å². The van der Waals surface area contributed by atoms with E-state index >= 15 is 0 Å². The Hall–Kier alpha value is -0.200. The molecule has 0 spiro atoms. The van der Waals surface area contributed by atoms with Crippen LogP contribution in [0.2, 0.25) is 0 Å². The molecule has 2 heterocycles. The fraction of sp³-hybridized carbons (Fsp3) is 1.00. The van der Waals surface area contributed by atoms with Crippen LogP contribution < -0.4 is 5.32 Å². The summed E-state index contributed by atoms with van der Waals surface area (Å²) in [6.45, 7) is 3.85. The van der Waals surface area contributed by atoms with Crippen LogP contribution in [0.5, 0.6) is 0 Å². The Kier molecular flexibility index (Phi) is 4.55. The molecule has 2 saturated heterocycles. The topological polar surface area (TPSA) is 65.0 Å². The number of hydrogen-bond acceptors (Lipinski definition) is 5.